The zero-order chi connectivity index (χ0) is 16.4. The van der Waals surface area contributed by atoms with Crippen LogP contribution < -0.4 is 4.74 Å². The molecular weight excluding hydrogens is 386 g/mol. The Balaban J connectivity index is 1.80. The Morgan fingerprint density at radius 1 is 1.43 bits per heavy atom. The summed E-state index contributed by atoms with van der Waals surface area (Å²) in [5.74, 6) is 1.32. The monoisotopic (exact) mass is 397 g/mol. The average Bonchev–Trinajstić information content (AvgIpc) is 3.17. The highest BCUT2D eigenvalue weighted by atomic mass is 79.9. The highest BCUT2D eigenvalue weighted by Crippen LogP contribution is 2.31. The van der Waals surface area contributed by atoms with Crippen LogP contribution in [-0.2, 0) is 6.54 Å². The zero-order valence-electron chi connectivity index (χ0n) is 12.4. The molecule has 7 nitrogen and oxygen atoms in total. The summed E-state index contributed by atoms with van der Waals surface area (Å²) < 4.78 is 13.6. The molecular formula is C14H13BrClN5O2. The first kappa shape index (κ1) is 15.9. The molecule has 0 fully saturated rings. The summed E-state index contributed by atoms with van der Waals surface area (Å²) in [7, 11) is 0. The van der Waals surface area contributed by atoms with Gasteiger partial charge in [-0.2, -0.15) is 4.98 Å². The topological polar surface area (TPSA) is 78.9 Å². The second kappa shape index (κ2) is 6.67. The second-order valence-corrected chi connectivity index (χ2v) is 6.05. The summed E-state index contributed by atoms with van der Waals surface area (Å²) in [5, 5.41) is 12.2. The number of halogens is 2. The summed E-state index contributed by atoms with van der Waals surface area (Å²) in [6.07, 6.45) is 1.16. The zero-order valence-corrected chi connectivity index (χ0v) is 14.7. The van der Waals surface area contributed by atoms with Gasteiger partial charge < -0.3 is 9.26 Å². The standard InChI is InChI=1S/C14H13BrClN5O2/c1-3-21-11(7-17-20-21)14-18-13(19-23-14)8(2)22-12-5-4-9(15)6-10(12)16/h4-8H,3H2,1-2H3. The lowest BCUT2D eigenvalue weighted by Gasteiger charge is -2.12. The van der Waals surface area contributed by atoms with E-state index in [1.165, 1.54) is 0 Å². The van der Waals surface area contributed by atoms with Gasteiger partial charge in [0.05, 0.1) is 11.2 Å². The Morgan fingerprint density at radius 2 is 2.26 bits per heavy atom. The van der Waals surface area contributed by atoms with Gasteiger partial charge in [0.1, 0.15) is 11.4 Å². The van der Waals surface area contributed by atoms with Crippen LogP contribution in [-0.4, -0.2) is 25.1 Å². The number of ether oxygens (including phenoxy) is 1. The van der Waals surface area contributed by atoms with Crippen LogP contribution in [0.5, 0.6) is 5.75 Å². The van der Waals surface area contributed by atoms with E-state index < -0.39 is 6.10 Å². The van der Waals surface area contributed by atoms with Crippen molar-refractivity contribution < 1.29 is 9.26 Å². The van der Waals surface area contributed by atoms with E-state index in [0.29, 0.717) is 34.7 Å². The molecule has 0 spiro atoms. The fourth-order valence-corrected chi connectivity index (χ4v) is 2.69. The third-order valence-corrected chi connectivity index (χ3v) is 3.93. The lowest BCUT2D eigenvalue weighted by atomic mass is 10.3. The number of rotatable bonds is 5. The van der Waals surface area contributed by atoms with Crippen molar-refractivity contribution in [1.29, 1.82) is 0 Å². The molecule has 1 unspecified atom stereocenters. The number of aryl methyl sites for hydroxylation is 1. The molecule has 0 aliphatic heterocycles. The third kappa shape index (κ3) is 3.37. The number of aromatic nitrogens is 5. The molecule has 0 aliphatic rings. The van der Waals surface area contributed by atoms with E-state index in [4.69, 9.17) is 20.9 Å². The van der Waals surface area contributed by atoms with Crippen molar-refractivity contribution in [3.63, 3.8) is 0 Å². The predicted octanol–water partition coefficient (Wildman–Crippen LogP) is 3.90. The molecule has 120 valence electrons. The molecule has 0 saturated carbocycles. The molecule has 0 bridgehead atoms. The van der Waals surface area contributed by atoms with Crippen molar-refractivity contribution in [3.8, 4) is 17.3 Å². The highest BCUT2D eigenvalue weighted by Gasteiger charge is 2.19. The summed E-state index contributed by atoms with van der Waals surface area (Å²) in [6.45, 7) is 4.44. The van der Waals surface area contributed by atoms with E-state index in [9.17, 15) is 0 Å². The van der Waals surface area contributed by atoms with Crippen molar-refractivity contribution in [3.05, 3.63) is 39.7 Å². The lowest BCUT2D eigenvalue weighted by molar-refractivity contribution is 0.211. The van der Waals surface area contributed by atoms with Crippen molar-refractivity contribution >= 4 is 27.5 Å². The van der Waals surface area contributed by atoms with Gasteiger partial charge in [-0.25, -0.2) is 4.68 Å². The van der Waals surface area contributed by atoms with Gasteiger partial charge in [0.25, 0.3) is 5.89 Å². The van der Waals surface area contributed by atoms with Crippen molar-refractivity contribution in [1.82, 2.24) is 25.1 Å². The molecule has 1 atom stereocenters. The van der Waals surface area contributed by atoms with Gasteiger partial charge in [-0.3, -0.25) is 0 Å². The van der Waals surface area contributed by atoms with Crippen molar-refractivity contribution in [2.45, 2.75) is 26.5 Å². The Labute approximate surface area is 145 Å². The minimum Gasteiger partial charge on any atom is -0.481 e. The van der Waals surface area contributed by atoms with E-state index in [1.807, 2.05) is 19.9 Å². The number of hydrogen-bond acceptors (Lipinski definition) is 6. The van der Waals surface area contributed by atoms with E-state index in [-0.39, 0.29) is 0 Å². The SMILES string of the molecule is CCn1nncc1-c1nc(C(C)Oc2ccc(Br)cc2Cl)no1. The van der Waals surface area contributed by atoms with Crippen LogP contribution >= 0.6 is 27.5 Å². The molecule has 0 N–H and O–H groups in total. The maximum atomic E-state index is 6.15. The van der Waals surface area contributed by atoms with E-state index in [1.54, 1.807) is 23.0 Å². The minimum absolute atomic E-state index is 0.351. The molecule has 2 aromatic heterocycles. The third-order valence-electron chi connectivity index (χ3n) is 3.14. The molecule has 2 heterocycles. The summed E-state index contributed by atoms with van der Waals surface area (Å²) >= 11 is 9.50. The Hall–Kier alpha value is -1.93. The first-order valence-corrected chi connectivity index (χ1v) is 8.09. The molecule has 0 amide bonds. The quantitative estimate of drug-likeness (QED) is 0.648. The fourth-order valence-electron chi connectivity index (χ4n) is 1.97. The summed E-state index contributed by atoms with van der Waals surface area (Å²) in [4.78, 5) is 4.35. The Morgan fingerprint density at radius 3 is 3.00 bits per heavy atom. The van der Waals surface area contributed by atoms with Crippen LogP contribution in [0, 0.1) is 0 Å². The lowest BCUT2D eigenvalue weighted by Crippen LogP contribution is -2.05. The maximum absolute atomic E-state index is 6.15. The van der Waals surface area contributed by atoms with Crippen LogP contribution in [0.1, 0.15) is 25.8 Å². The molecule has 3 rings (SSSR count). The number of benzene rings is 1. The first-order chi connectivity index (χ1) is 11.1. The van der Waals surface area contributed by atoms with E-state index in [2.05, 4.69) is 36.4 Å². The van der Waals surface area contributed by atoms with Gasteiger partial charge in [-0.05, 0) is 32.0 Å². The molecule has 23 heavy (non-hydrogen) atoms. The first-order valence-electron chi connectivity index (χ1n) is 6.92. The fraction of sp³-hybridized carbons (Fsp3) is 0.286. The van der Waals surface area contributed by atoms with Crippen LogP contribution in [0.25, 0.3) is 11.6 Å². The summed E-state index contributed by atoms with van der Waals surface area (Å²) in [6, 6.07) is 5.39. The normalized spacial score (nSPS) is 12.3. The van der Waals surface area contributed by atoms with Crippen molar-refractivity contribution in [2.24, 2.45) is 0 Å². The molecule has 0 radical (unpaired) electrons. The summed E-state index contributed by atoms with van der Waals surface area (Å²) in [5.41, 5.74) is 0.667. The van der Waals surface area contributed by atoms with E-state index in [0.717, 1.165) is 4.47 Å². The molecule has 3 aromatic rings. The van der Waals surface area contributed by atoms with Crippen LogP contribution in [0.4, 0.5) is 0 Å². The van der Waals surface area contributed by atoms with Crippen molar-refractivity contribution in [2.75, 3.05) is 0 Å². The smallest absolute Gasteiger partial charge is 0.278 e. The van der Waals surface area contributed by atoms with Gasteiger partial charge in [0.15, 0.2) is 6.10 Å². The van der Waals surface area contributed by atoms with Gasteiger partial charge in [0, 0.05) is 11.0 Å². The minimum atomic E-state index is -0.419. The maximum Gasteiger partial charge on any atom is 0.278 e. The Kier molecular flexibility index (Phi) is 4.63. The number of nitrogens with zero attached hydrogens (tertiary/aromatic N) is 5. The molecule has 0 saturated heterocycles. The highest BCUT2D eigenvalue weighted by molar-refractivity contribution is 9.10. The van der Waals surface area contributed by atoms with Gasteiger partial charge in [-0.1, -0.05) is 37.9 Å². The second-order valence-electron chi connectivity index (χ2n) is 4.73. The largest absolute Gasteiger partial charge is 0.481 e. The number of hydrogen-bond donors (Lipinski definition) is 0. The predicted molar refractivity (Wildman–Crippen MR) is 87.2 cm³/mol. The van der Waals surface area contributed by atoms with E-state index >= 15 is 0 Å². The van der Waals surface area contributed by atoms with Gasteiger partial charge >= 0.3 is 0 Å². The molecule has 9 heteroatoms. The Bertz CT molecular complexity index is 819. The van der Waals surface area contributed by atoms with Crippen LogP contribution in [0.3, 0.4) is 0 Å². The van der Waals surface area contributed by atoms with Crippen LogP contribution in [0.2, 0.25) is 5.02 Å². The van der Waals surface area contributed by atoms with Crippen LogP contribution in [0.15, 0.2) is 33.4 Å². The average molecular weight is 399 g/mol. The molecule has 0 aliphatic carbocycles. The van der Waals surface area contributed by atoms with Gasteiger partial charge in [0.2, 0.25) is 5.82 Å². The van der Waals surface area contributed by atoms with Gasteiger partial charge in [-0.15, -0.1) is 5.10 Å². The molecule has 1 aromatic carbocycles.